The molecule has 17 heavy (non-hydrogen) atoms. The zero-order valence-corrected chi connectivity index (χ0v) is 11.8. The molecule has 0 aliphatic heterocycles. The molecule has 0 aliphatic carbocycles. The molecular weight excluding hydrogens is 234 g/mol. The van der Waals surface area contributed by atoms with Crippen molar-refractivity contribution < 1.29 is 4.74 Å². The minimum absolute atomic E-state index is 0.00565. The third-order valence-electron chi connectivity index (χ3n) is 2.96. The van der Waals surface area contributed by atoms with Crippen molar-refractivity contribution in [2.75, 3.05) is 13.6 Å². The average molecular weight is 256 g/mol. The first kappa shape index (κ1) is 14.5. The van der Waals surface area contributed by atoms with Crippen LogP contribution >= 0.6 is 11.6 Å². The highest BCUT2D eigenvalue weighted by atomic mass is 35.5. The van der Waals surface area contributed by atoms with Crippen LogP contribution in [0.25, 0.3) is 0 Å². The van der Waals surface area contributed by atoms with Gasteiger partial charge in [-0.3, -0.25) is 0 Å². The molecule has 2 atom stereocenters. The van der Waals surface area contributed by atoms with E-state index in [1.165, 1.54) is 0 Å². The average Bonchev–Trinajstić information content (AvgIpc) is 2.29. The van der Waals surface area contributed by atoms with E-state index in [4.69, 9.17) is 16.3 Å². The molecule has 2 unspecified atom stereocenters. The van der Waals surface area contributed by atoms with Crippen LogP contribution < -0.4 is 5.32 Å². The van der Waals surface area contributed by atoms with Gasteiger partial charge in [0, 0.05) is 17.1 Å². The summed E-state index contributed by atoms with van der Waals surface area (Å²) < 4.78 is 6.07. The summed E-state index contributed by atoms with van der Waals surface area (Å²) in [5.74, 6) is 0.497. The van der Waals surface area contributed by atoms with Crippen LogP contribution in [0.2, 0.25) is 5.02 Å². The van der Waals surface area contributed by atoms with Crippen molar-refractivity contribution in [3.05, 3.63) is 34.9 Å². The summed E-state index contributed by atoms with van der Waals surface area (Å²) in [5.41, 5.74) is 1.05. The maximum atomic E-state index is 6.21. The summed E-state index contributed by atoms with van der Waals surface area (Å²) >= 11 is 6.21. The Hall–Kier alpha value is -0.570. The van der Waals surface area contributed by atoms with Gasteiger partial charge in [0.1, 0.15) is 0 Å². The quantitative estimate of drug-likeness (QED) is 0.838. The summed E-state index contributed by atoms with van der Waals surface area (Å²) in [6, 6.07) is 7.86. The van der Waals surface area contributed by atoms with E-state index in [1.54, 1.807) is 0 Å². The third-order valence-corrected chi connectivity index (χ3v) is 3.30. The monoisotopic (exact) mass is 255 g/mol. The van der Waals surface area contributed by atoms with Crippen molar-refractivity contribution >= 4 is 11.6 Å². The summed E-state index contributed by atoms with van der Waals surface area (Å²) in [7, 11) is 1.92. The van der Waals surface area contributed by atoms with Crippen LogP contribution in [0.3, 0.4) is 0 Å². The molecular formula is C14H22ClNO. The fraction of sp³-hybridized carbons (Fsp3) is 0.571. The van der Waals surface area contributed by atoms with Gasteiger partial charge in [0.2, 0.25) is 0 Å². The zero-order chi connectivity index (χ0) is 12.8. The maximum Gasteiger partial charge on any atom is 0.0967 e. The Kier molecular flexibility index (Phi) is 5.96. The molecule has 3 heteroatoms. The molecule has 0 fully saturated rings. The van der Waals surface area contributed by atoms with Gasteiger partial charge >= 0.3 is 0 Å². The van der Waals surface area contributed by atoms with Gasteiger partial charge in [-0.25, -0.2) is 0 Å². The van der Waals surface area contributed by atoms with Gasteiger partial charge in [0.15, 0.2) is 0 Å². The number of hydrogen-bond donors (Lipinski definition) is 1. The molecule has 0 heterocycles. The van der Waals surface area contributed by atoms with Gasteiger partial charge in [-0.15, -0.1) is 0 Å². The van der Waals surface area contributed by atoms with Crippen LogP contribution in [-0.4, -0.2) is 19.7 Å². The molecule has 0 amide bonds. The normalized spacial score (nSPS) is 14.9. The van der Waals surface area contributed by atoms with Gasteiger partial charge in [0.25, 0.3) is 0 Å². The van der Waals surface area contributed by atoms with E-state index in [-0.39, 0.29) is 12.2 Å². The molecule has 1 N–H and O–H groups in total. The van der Waals surface area contributed by atoms with Crippen molar-refractivity contribution in [1.82, 2.24) is 5.32 Å². The van der Waals surface area contributed by atoms with Gasteiger partial charge < -0.3 is 10.1 Å². The number of likely N-dealkylation sites (N-methyl/N-ethyl adjacent to an activating group) is 1. The number of rotatable bonds is 6. The largest absolute Gasteiger partial charge is 0.369 e. The number of halogens is 1. The lowest BCUT2D eigenvalue weighted by atomic mass is 10.1. The SMILES string of the molecule is CNCC(OC(C)C(C)C)c1ccccc1Cl. The third kappa shape index (κ3) is 4.30. The van der Waals surface area contributed by atoms with Crippen molar-refractivity contribution in [3.63, 3.8) is 0 Å². The van der Waals surface area contributed by atoms with Crippen LogP contribution in [0.5, 0.6) is 0 Å². The van der Waals surface area contributed by atoms with Crippen molar-refractivity contribution in [2.45, 2.75) is 33.0 Å². The molecule has 1 rings (SSSR count). The molecule has 1 aromatic rings. The van der Waals surface area contributed by atoms with Crippen LogP contribution in [0, 0.1) is 5.92 Å². The Morgan fingerprint density at radius 3 is 2.41 bits per heavy atom. The van der Waals surface area contributed by atoms with E-state index in [9.17, 15) is 0 Å². The number of nitrogens with one attached hydrogen (secondary N) is 1. The Bertz CT molecular complexity index is 341. The fourth-order valence-corrected chi connectivity index (χ4v) is 1.83. The molecule has 0 saturated heterocycles. The Labute approximate surface area is 109 Å². The minimum atomic E-state index is 0.00565. The Morgan fingerprint density at radius 2 is 1.88 bits per heavy atom. The first-order valence-corrected chi connectivity index (χ1v) is 6.48. The smallest absolute Gasteiger partial charge is 0.0967 e. The molecule has 0 radical (unpaired) electrons. The van der Waals surface area contributed by atoms with Crippen LogP contribution in [0.15, 0.2) is 24.3 Å². The van der Waals surface area contributed by atoms with Gasteiger partial charge in [-0.05, 0) is 26.0 Å². The van der Waals surface area contributed by atoms with Gasteiger partial charge in [-0.2, -0.15) is 0 Å². The first-order valence-electron chi connectivity index (χ1n) is 6.10. The Balaban J connectivity index is 2.82. The second-order valence-electron chi connectivity index (χ2n) is 4.65. The van der Waals surface area contributed by atoms with E-state index < -0.39 is 0 Å². The lowest BCUT2D eigenvalue weighted by Crippen LogP contribution is -2.26. The lowest BCUT2D eigenvalue weighted by Gasteiger charge is -2.25. The molecule has 0 aromatic heterocycles. The van der Waals surface area contributed by atoms with Crippen LogP contribution in [0.4, 0.5) is 0 Å². The zero-order valence-electron chi connectivity index (χ0n) is 11.0. The second kappa shape index (κ2) is 7.00. The van der Waals surface area contributed by atoms with Gasteiger partial charge in [0.05, 0.1) is 12.2 Å². The number of hydrogen-bond acceptors (Lipinski definition) is 2. The minimum Gasteiger partial charge on any atom is -0.369 e. The highest BCUT2D eigenvalue weighted by Gasteiger charge is 2.18. The van der Waals surface area contributed by atoms with Crippen LogP contribution in [0.1, 0.15) is 32.4 Å². The fourth-order valence-electron chi connectivity index (χ4n) is 1.57. The number of benzene rings is 1. The predicted octanol–water partition coefficient (Wildman–Crippen LogP) is 3.66. The topological polar surface area (TPSA) is 21.3 Å². The maximum absolute atomic E-state index is 6.21. The van der Waals surface area contributed by atoms with Crippen molar-refractivity contribution in [1.29, 1.82) is 0 Å². The standard InChI is InChI=1S/C14H22ClNO/c1-10(2)11(3)17-14(9-16-4)12-7-5-6-8-13(12)15/h5-8,10-11,14,16H,9H2,1-4H3. The van der Waals surface area contributed by atoms with E-state index in [0.717, 1.165) is 17.1 Å². The summed E-state index contributed by atoms with van der Waals surface area (Å²) in [4.78, 5) is 0. The lowest BCUT2D eigenvalue weighted by molar-refractivity contribution is -0.0251. The van der Waals surface area contributed by atoms with Gasteiger partial charge in [-0.1, -0.05) is 43.6 Å². The summed E-state index contributed by atoms with van der Waals surface area (Å²) in [5, 5.41) is 3.92. The predicted molar refractivity (Wildman–Crippen MR) is 73.5 cm³/mol. The summed E-state index contributed by atoms with van der Waals surface area (Å²) in [6.45, 7) is 7.19. The molecule has 2 nitrogen and oxygen atoms in total. The van der Waals surface area contributed by atoms with E-state index in [2.05, 4.69) is 26.1 Å². The molecule has 0 spiro atoms. The molecule has 1 aromatic carbocycles. The van der Waals surface area contributed by atoms with E-state index in [1.807, 2.05) is 31.3 Å². The number of ether oxygens (including phenoxy) is 1. The van der Waals surface area contributed by atoms with E-state index in [0.29, 0.717) is 5.92 Å². The Morgan fingerprint density at radius 1 is 1.24 bits per heavy atom. The summed E-state index contributed by atoms with van der Waals surface area (Å²) in [6.07, 6.45) is 0.218. The molecule has 96 valence electrons. The van der Waals surface area contributed by atoms with Crippen molar-refractivity contribution in [2.24, 2.45) is 5.92 Å². The first-order chi connectivity index (χ1) is 8.06. The highest BCUT2D eigenvalue weighted by Crippen LogP contribution is 2.27. The van der Waals surface area contributed by atoms with Crippen molar-refractivity contribution in [3.8, 4) is 0 Å². The second-order valence-corrected chi connectivity index (χ2v) is 5.06. The van der Waals surface area contributed by atoms with E-state index >= 15 is 0 Å². The van der Waals surface area contributed by atoms with Crippen LogP contribution in [-0.2, 0) is 4.74 Å². The molecule has 0 saturated carbocycles. The molecule has 0 aliphatic rings. The molecule has 0 bridgehead atoms. The highest BCUT2D eigenvalue weighted by molar-refractivity contribution is 6.31.